The van der Waals surface area contributed by atoms with E-state index in [1.54, 1.807) is 18.2 Å². The number of carbonyl (C=O) groups excluding carboxylic acids is 1. The summed E-state index contributed by atoms with van der Waals surface area (Å²) in [6, 6.07) is 20.6. The highest BCUT2D eigenvalue weighted by molar-refractivity contribution is 14.1. The Balaban J connectivity index is 1.82. The van der Waals surface area contributed by atoms with Crippen LogP contribution >= 0.6 is 34.2 Å². The van der Waals surface area contributed by atoms with Gasteiger partial charge in [0.05, 0.1) is 12.1 Å². The molecule has 0 bridgehead atoms. The topological polar surface area (TPSA) is 71.3 Å². The van der Waals surface area contributed by atoms with Gasteiger partial charge in [-0.3, -0.25) is 4.79 Å². The van der Waals surface area contributed by atoms with Gasteiger partial charge in [0, 0.05) is 9.26 Å². The predicted octanol–water partition coefficient (Wildman–Crippen LogP) is 6.39. The maximum Gasteiger partial charge on any atom is 0.266 e. The Morgan fingerprint density at radius 3 is 2.56 bits per heavy atom. The van der Waals surface area contributed by atoms with Crippen LogP contribution in [0.4, 0.5) is 5.69 Å². The number of ether oxygens (including phenoxy) is 2. The molecule has 0 fully saturated rings. The molecule has 0 aliphatic rings. The lowest BCUT2D eigenvalue weighted by molar-refractivity contribution is -0.112. The number of nitriles is 1. The first-order chi connectivity index (χ1) is 15.4. The van der Waals surface area contributed by atoms with Crippen molar-refractivity contribution in [3.8, 4) is 17.6 Å². The first-order valence-electron chi connectivity index (χ1n) is 9.65. The molecule has 3 aromatic rings. The number of rotatable bonds is 7. The zero-order valence-electron chi connectivity index (χ0n) is 17.5. The number of aryl methyl sites for hydroxylation is 1. The molecule has 0 aliphatic heterocycles. The van der Waals surface area contributed by atoms with Crippen molar-refractivity contribution in [2.45, 2.75) is 13.5 Å². The third kappa shape index (κ3) is 6.02. The highest BCUT2D eigenvalue weighted by Crippen LogP contribution is 2.37. The number of nitrogens with zero attached hydrogens (tertiary/aromatic N) is 1. The number of nitrogens with one attached hydrogen (secondary N) is 1. The Kier molecular flexibility index (Phi) is 8.14. The molecule has 0 aromatic heterocycles. The van der Waals surface area contributed by atoms with E-state index in [4.69, 9.17) is 21.1 Å². The molecule has 3 rings (SSSR count). The second-order valence-corrected chi connectivity index (χ2v) is 8.54. The fourth-order valence-electron chi connectivity index (χ4n) is 2.92. The van der Waals surface area contributed by atoms with Crippen molar-refractivity contribution in [3.05, 3.63) is 91.5 Å². The minimum atomic E-state index is -0.504. The van der Waals surface area contributed by atoms with E-state index in [0.717, 1.165) is 14.7 Å². The molecule has 1 N–H and O–H groups in total. The number of amides is 1. The summed E-state index contributed by atoms with van der Waals surface area (Å²) in [6.45, 7) is 2.20. The lowest BCUT2D eigenvalue weighted by Gasteiger charge is -2.14. The predicted molar refractivity (Wildman–Crippen MR) is 135 cm³/mol. The van der Waals surface area contributed by atoms with Crippen LogP contribution in [0.15, 0.2) is 66.2 Å². The molecule has 3 aromatic carbocycles. The second kappa shape index (κ2) is 11.0. The lowest BCUT2D eigenvalue weighted by atomic mass is 10.1. The second-order valence-electron chi connectivity index (χ2n) is 6.89. The van der Waals surface area contributed by atoms with Crippen LogP contribution in [0, 0.1) is 21.8 Å². The van der Waals surface area contributed by atoms with Crippen LogP contribution in [0.1, 0.15) is 16.7 Å². The summed E-state index contributed by atoms with van der Waals surface area (Å²) in [5.41, 5.74) is 3.03. The Labute approximate surface area is 205 Å². The van der Waals surface area contributed by atoms with E-state index in [1.165, 1.54) is 13.2 Å². The van der Waals surface area contributed by atoms with E-state index in [2.05, 4.69) is 27.9 Å². The molecule has 0 radical (unpaired) electrons. The van der Waals surface area contributed by atoms with E-state index in [0.29, 0.717) is 34.4 Å². The maximum atomic E-state index is 12.6. The molecule has 32 heavy (non-hydrogen) atoms. The Morgan fingerprint density at radius 1 is 1.19 bits per heavy atom. The van der Waals surface area contributed by atoms with Gasteiger partial charge in [0.1, 0.15) is 18.2 Å². The first kappa shape index (κ1) is 23.6. The van der Waals surface area contributed by atoms with Gasteiger partial charge in [-0.05, 0) is 82.6 Å². The van der Waals surface area contributed by atoms with E-state index >= 15 is 0 Å². The molecule has 0 atom stereocenters. The number of carbonyl (C=O) groups is 1. The van der Waals surface area contributed by atoms with Crippen LogP contribution in [0.3, 0.4) is 0 Å². The molecule has 0 aliphatic carbocycles. The Morgan fingerprint density at radius 2 is 1.91 bits per heavy atom. The van der Waals surface area contributed by atoms with Crippen molar-refractivity contribution in [1.29, 1.82) is 5.26 Å². The van der Waals surface area contributed by atoms with Gasteiger partial charge in [-0.2, -0.15) is 5.26 Å². The van der Waals surface area contributed by atoms with E-state index < -0.39 is 5.91 Å². The number of hydrogen-bond acceptors (Lipinski definition) is 4. The Bertz CT molecular complexity index is 1200. The largest absolute Gasteiger partial charge is 0.493 e. The Hall–Kier alpha value is -3.02. The summed E-state index contributed by atoms with van der Waals surface area (Å²) in [6.07, 6.45) is 1.46. The van der Waals surface area contributed by atoms with Gasteiger partial charge in [-0.15, -0.1) is 0 Å². The van der Waals surface area contributed by atoms with E-state index in [-0.39, 0.29) is 5.57 Å². The molecule has 0 saturated carbocycles. The first-order valence-corrected chi connectivity index (χ1v) is 11.1. The summed E-state index contributed by atoms with van der Waals surface area (Å²) in [7, 11) is 1.51. The van der Waals surface area contributed by atoms with E-state index in [9.17, 15) is 10.1 Å². The third-order valence-corrected chi connectivity index (χ3v) is 5.62. The minimum Gasteiger partial charge on any atom is -0.493 e. The molecule has 162 valence electrons. The van der Waals surface area contributed by atoms with Crippen LogP contribution in [-0.4, -0.2) is 13.0 Å². The summed E-state index contributed by atoms with van der Waals surface area (Å²) in [5, 5.41) is 12.6. The fourth-order valence-corrected chi connectivity index (χ4v) is 3.55. The molecule has 0 saturated heterocycles. The standard InChI is InChI=1S/C25H20ClIN2O3/c1-16-5-3-4-6-22(16)29-25(30)19(14-28)11-18-12-21(26)24(23(13-18)31-2)32-15-17-7-9-20(27)10-8-17/h3-13H,15H2,1-2H3,(H,29,30)/b19-11-. The van der Waals surface area contributed by atoms with Crippen molar-refractivity contribution in [2.24, 2.45) is 0 Å². The smallest absolute Gasteiger partial charge is 0.266 e. The molecular weight excluding hydrogens is 539 g/mol. The summed E-state index contributed by atoms with van der Waals surface area (Å²) < 4.78 is 12.5. The molecule has 0 spiro atoms. The van der Waals surface area contributed by atoms with Crippen molar-refractivity contribution >= 4 is 51.9 Å². The van der Waals surface area contributed by atoms with Crippen molar-refractivity contribution in [1.82, 2.24) is 0 Å². The number of hydrogen-bond donors (Lipinski definition) is 1. The summed E-state index contributed by atoms with van der Waals surface area (Å²) in [5.74, 6) is 0.300. The maximum absolute atomic E-state index is 12.6. The van der Waals surface area contributed by atoms with Crippen molar-refractivity contribution in [3.63, 3.8) is 0 Å². The summed E-state index contributed by atoms with van der Waals surface area (Å²) in [4.78, 5) is 12.6. The van der Waals surface area contributed by atoms with Gasteiger partial charge in [0.15, 0.2) is 11.5 Å². The molecular formula is C25H20ClIN2O3. The van der Waals surface area contributed by atoms with Crippen molar-refractivity contribution < 1.29 is 14.3 Å². The molecule has 0 heterocycles. The summed E-state index contributed by atoms with van der Waals surface area (Å²) >= 11 is 8.68. The normalized spacial score (nSPS) is 10.9. The highest BCUT2D eigenvalue weighted by atomic mass is 127. The van der Waals surface area contributed by atoms with Crippen LogP contribution in [0.25, 0.3) is 6.08 Å². The number of anilines is 1. The number of para-hydroxylation sites is 1. The number of methoxy groups -OCH3 is 1. The quantitative estimate of drug-likeness (QED) is 0.207. The van der Waals surface area contributed by atoms with Gasteiger partial charge in [-0.25, -0.2) is 0 Å². The minimum absolute atomic E-state index is 0.0565. The third-order valence-electron chi connectivity index (χ3n) is 4.62. The molecule has 5 nitrogen and oxygen atoms in total. The van der Waals surface area contributed by atoms with Crippen molar-refractivity contribution in [2.75, 3.05) is 12.4 Å². The van der Waals surface area contributed by atoms with Gasteiger partial charge in [-0.1, -0.05) is 41.9 Å². The van der Waals surface area contributed by atoms with Gasteiger partial charge in [0.25, 0.3) is 5.91 Å². The van der Waals surface area contributed by atoms with Gasteiger partial charge < -0.3 is 14.8 Å². The average Bonchev–Trinajstić information content (AvgIpc) is 2.79. The monoisotopic (exact) mass is 558 g/mol. The lowest BCUT2D eigenvalue weighted by Crippen LogP contribution is -2.14. The van der Waals surface area contributed by atoms with Gasteiger partial charge in [0.2, 0.25) is 0 Å². The molecule has 0 unspecified atom stereocenters. The zero-order chi connectivity index (χ0) is 23.1. The molecule has 7 heteroatoms. The van der Waals surface area contributed by atoms with Gasteiger partial charge >= 0.3 is 0 Å². The number of halogens is 2. The van der Waals surface area contributed by atoms with Crippen LogP contribution in [0.2, 0.25) is 5.02 Å². The SMILES string of the molecule is COc1cc(/C=C(/C#N)C(=O)Nc2ccccc2C)cc(Cl)c1OCc1ccc(I)cc1. The van der Waals surface area contributed by atoms with E-state index in [1.807, 2.05) is 55.5 Å². The van der Waals surface area contributed by atoms with Crippen LogP contribution < -0.4 is 14.8 Å². The number of benzene rings is 3. The fraction of sp³-hybridized carbons (Fsp3) is 0.120. The van der Waals surface area contributed by atoms with Crippen LogP contribution in [-0.2, 0) is 11.4 Å². The molecule has 1 amide bonds. The zero-order valence-corrected chi connectivity index (χ0v) is 20.4. The highest BCUT2D eigenvalue weighted by Gasteiger charge is 2.15. The average molecular weight is 559 g/mol. The van der Waals surface area contributed by atoms with Crippen LogP contribution in [0.5, 0.6) is 11.5 Å².